The first-order valence-electron chi connectivity index (χ1n) is 9.73. The van der Waals surface area contributed by atoms with Gasteiger partial charge in [0.2, 0.25) is 5.82 Å². The summed E-state index contributed by atoms with van der Waals surface area (Å²) in [6, 6.07) is 27.3. The fourth-order valence-corrected chi connectivity index (χ4v) is 3.27. The van der Waals surface area contributed by atoms with Crippen LogP contribution in [-0.2, 0) is 26.2 Å². The maximum atomic E-state index is 4.14. The molecule has 0 aliphatic heterocycles. The predicted octanol–water partition coefficient (Wildman–Crippen LogP) is 3.45. The van der Waals surface area contributed by atoms with Gasteiger partial charge in [-0.3, -0.25) is 0 Å². The molecule has 0 aliphatic carbocycles. The standard InChI is InChI=1S/C23H24N6/c1-3-7-18(8-4-1)14-24-16-20-11-21(13-22(12-20)23-26-28-29-27-23)17-25-15-19-9-5-2-6-10-19/h1-13,24-25H,14-17H2,(H,26,27,28,29). The zero-order valence-electron chi connectivity index (χ0n) is 16.2. The monoisotopic (exact) mass is 384 g/mol. The molecule has 0 unspecified atom stereocenters. The van der Waals surface area contributed by atoms with E-state index in [1.54, 1.807) is 0 Å². The minimum absolute atomic E-state index is 0.610. The Morgan fingerprint density at radius 1 is 0.621 bits per heavy atom. The van der Waals surface area contributed by atoms with Gasteiger partial charge in [0.25, 0.3) is 0 Å². The van der Waals surface area contributed by atoms with Crippen LogP contribution in [0.5, 0.6) is 0 Å². The van der Waals surface area contributed by atoms with Gasteiger partial charge in [0.15, 0.2) is 0 Å². The summed E-state index contributed by atoms with van der Waals surface area (Å²) in [5, 5.41) is 21.5. The Kier molecular flexibility index (Phi) is 6.37. The van der Waals surface area contributed by atoms with E-state index in [1.807, 2.05) is 12.1 Å². The first-order chi connectivity index (χ1) is 14.4. The maximum Gasteiger partial charge on any atom is 0.204 e. The van der Waals surface area contributed by atoms with E-state index in [9.17, 15) is 0 Å². The zero-order valence-corrected chi connectivity index (χ0v) is 16.2. The molecule has 0 fully saturated rings. The molecule has 4 rings (SSSR count). The van der Waals surface area contributed by atoms with Crippen LogP contribution in [0.25, 0.3) is 11.4 Å². The molecule has 0 atom stereocenters. The number of H-pyrrole nitrogens is 1. The molecule has 0 saturated heterocycles. The number of nitrogens with zero attached hydrogens (tertiary/aromatic N) is 3. The Hall–Kier alpha value is -3.35. The minimum Gasteiger partial charge on any atom is -0.309 e. The number of aromatic amines is 1. The normalized spacial score (nSPS) is 10.9. The molecular formula is C23H24N6. The molecule has 0 aliphatic rings. The van der Waals surface area contributed by atoms with E-state index in [4.69, 9.17) is 0 Å². The highest BCUT2D eigenvalue weighted by molar-refractivity contribution is 5.57. The molecule has 1 aromatic heterocycles. The van der Waals surface area contributed by atoms with Crippen LogP contribution in [-0.4, -0.2) is 20.6 Å². The number of benzene rings is 3. The summed E-state index contributed by atoms with van der Waals surface area (Å²) in [5.74, 6) is 0.610. The van der Waals surface area contributed by atoms with Crippen molar-refractivity contribution in [3.8, 4) is 11.4 Å². The Balaban J connectivity index is 1.43. The van der Waals surface area contributed by atoms with Crippen LogP contribution in [0.3, 0.4) is 0 Å². The average Bonchev–Trinajstić information content (AvgIpc) is 3.30. The van der Waals surface area contributed by atoms with Crippen molar-refractivity contribution in [1.29, 1.82) is 0 Å². The topological polar surface area (TPSA) is 78.5 Å². The Labute approximate surface area is 170 Å². The molecule has 3 aromatic carbocycles. The number of rotatable bonds is 9. The minimum atomic E-state index is 0.610. The lowest BCUT2D eigenvalue weighted by Crippen LogP contribution is -2.15. The second kappa shape index (κ2) is 9.73. The molecule has 0 amide bonds. The summed E-state index contributed by atoms with van der Waals surface area (Å²) in [6.45, 7) is 3.20. The molecule has 4 aromatic rings. The maximum absolute atomic E-state index is 4.14. The highest BCUT2D eigenvalue weighted by Gasteiger charge is 2.07. The van der Waals surface area contributed by atoms with Crippen molar-refractivity contribution in [1.82, 2.24) is 31.3 Å². The molecular weight excluding hydrogens is 360 g/mol. The van der Waals surface area contributed by atoms with E-state index in [-0.39, 0.29) is 0 Å². The van der Waals surface area contributed by atoms with Crippen molar-refractivity contribution < 1.29 is 0 Å². The first-order valence-corrected chi connectivity index (χ1v) is 9.73. The molecule has 0 spiro atoms. The highest BCUT2D eigenvalue weighted by atomic mass is 15.5. The fourth-order valence-electron chi connectivity index (χ4n) is 3.27. The van der Waals surface area contributed by atoms with Crippen LogP contribution >= 0.6 is 0 Å². The number of nitrogens with one attached hydrogen (secondary N) is 3. The number of hydrogen-bond donors (Lipinski definition) is 3. The lowest BCUT2D eigenvalue weighted by atomic mass is 10.0. The van der Waals surface area contributed by atoms with Crippen molar-refractivity contribution in [3.05, 3.63) is 101 Å². The van der Waals surface area contributed by atoms with E-state index >= 15 is 0 Å². The molecule has 0 saturated carbocycles. The van der Waals surface area contributed by atoms with E-state index in [0.29, 0.717) is 5.82 Å². The van der Waals surface area contributed by atoms with E-state index in [1.165, 1.54) is 22.3 Å². The lowest BCUT2D eigenvalue weighted by molar-refractivity contribution is 0.681. The SMILES string of the molecule is c1ccc(CNCc2cc(CNCc3ccccc3)cc(-c3nn[nH]n3)c2)cc1. The molecule has 6 nitrogen and oxygen atoms in total. The van der Waals surface area contributed by atoms with Gasteiger partial charge in [-0.15, -0.1) is 10.2 Å². The second-order valence-corrected chi connectivity index (χ2v) is 6.95. The van der Waals surface area contributed by atoms with E-state index in [0.717, 1.165) is 31.7 Å². The van der Waals surface area contributed by atoms with Crippen LogP contribution in [0.1, 0.15) is 22.3 Å². The highest BCUT2D eigenvalue weighted by Crippen LogP contribution is 2.19. The van der Waals surface area contributed by atoms with Crippen LogP contribution in [0.4, 0.5) is 0 Å². The van der Waals surface area contributed by atoms with Gasteiger partial charge in [-0.2, -0.15) is 5.21 Å². The number of tetrazole rings is 1. The average molecular weight is 384 g/mol. The van der Waals surface area contributed by atoms with Crippen molar-refractivity contribution in [3.63, 3.8) is 0 Å². The Morgan fingerprint density at radius 3 is 1.62 bits per heavy atom. The summed E-state index contributed by atoms with van der Waals surface area (Å²) in [7, 11) is 0. The van der Waals surface area contributed by atoms with Crippen LogP contribution < -0.4 is 10.6 Å². The van der Waals surface area contributed by atoms with Crippen LogP contribution in [0, 0.1) is 0 Å². The zero-order chi connectivity index (χ0) is 19.7. The smallest absolute Gasteiger partial charge is 0.204 e. The molecule has 6 heteroatoms. The van der Waals surface area contributed by atoms with Gasteiger partial charge in [-0.25, -0.2) is 0 Å². The summed E-state index contributed by atoms with van der Waals surface area (Å²) < 4.78 is 0. The van der Waals surface area contributed by atoms with Gasteiger partial charge >= 0.3 is 0 Å². The third kappa shape index (κ3) is 5.57. The third-order valence-electron chi connectivity index (χ3n) is 4.66. The van der Waals surface area contributed by atoms with Gasteiger partial charge in [0.1, 0.15) is 0 Å². The second-order valence-electron chi connectivity index (χ2n) is 6.95. The van der Waals surface area contributed by atoms with Gasteiger partial charge in [-0.1, -0.05) is 66.7 Å². The molecule has 3 N–H and O–H groups in total. The van der Waals surface area contributed by atoms with Gasteiger partial charge in [0, 0.05) is 31.7 Å². The molecule has 0 radical (unpaired) electrons. The molecule has 146 valence electrons. The lowest BCUT2D eigenvalue weighted by Gasteiger charge is -2.11. The Bertz CT molecular complexity index is 936. The number of aromatic nitrogens is 4. The van der Waals surface area contributed by atoms with Gasteiger partial charge in [-0.05, 0) is 39.6 Å². The Morgan fingerprint density at radius 2 is 1.14 bits per heavy atom. The molecule has 0 bridgehead atoms. The number of hydrogen-bond acceptors (Lipinski definition) is 5. The van der Waals surface area contributed by atoms with Crippen molar-refractivity contribution in [2.75, 3.05) is 0 Å². The summed E-state index contributed by atoms with van der Waals surface area (Å²) in [5.41, 5.74) is 5.90. The summed E-state index contributed by atoms with van der Waals surface area (Å²) in [6.07, 6.45) is 0. The van der Waals surface area contributed by atoms with Crippen LogP contribution in [0.2, 0.25) is 0 Å². The summed E-state index contributed by atoms with van der Waals surface area (Å²) >= 11 is 0. The van der Waals surface area contributed by atoms with Gasteiger partial charge < -0.3 is 10.6 Å². The third-order valence-corrected chi connectivity index (χ3v) is 4.66. The first kappa shape index (κ1) is 19.0. The van der Waals surface area contributed by atoms with Crippen molar-refractivity contribution in [2.45, 2.75) is 26.2 Å². The fraction of sp³-hybridized carbons (Fsp3) is 0.174. The quantitative estimate of drug-likeness (QED) is 0.412. The predicted molar refractivity (Wildman–Crippen MR) is 114 cm³/mol. The van der Waals surface area contributed by atoms with Crippen molar-refractivity contribution >= 4 is 0 Å². The van der Waals surface area contributed by atoms with Gasteiger partial charge in [0.05, 0.1) is 0 Å². The van der Waals surface area contributed by atoms with Crippen LogP contribution in [0.15, 0.2) is 78.9 Å². The van der Waals surface area contributed by atoms with E-state index in [2.05, 4.69) is 98.0 Å². The van der Waals surface area contributed by atoms with Crippen molar-refractivity contribution in [2.24, 2.45) is 0 Å². The molecule has 29 heavy (non-hydrogen) atoms. The largest absolute Gasteiger partial charge is 0.309 e. The molecule has 1 heterocycles. The van der Waals surface area contributed by atoms with E-state index < -0.39 is 0 Å². The summed E-state index contributed by atoms with van der Waals surface area (Å²) in [4.78, 5) is 0.